The number of nitrogens with zero attached hydrogens (tertiary/aromatic N) is 2. The maximum Gasteiger partial charge on any atom is 0.326 e. The summed E-state index contributed by atoms with van der Waals surface area (Å²) in [6.45, 7) is 3.08. The zero-order valence-electron chi connectivity index (χ0n) is 19.3. The minimum atomic E-state index is -1.13. The zero-order valence-corrected chi connectivity index (χ0v) is 21.0. The van der Waals surface area contributed by atoms with Crippen LogP contribution < -0.4 is 11.1 Å². The number of thioether (sulfide) groups is 1. The minimum Gasteiger partial charge on any atom is -0.480 e. The molecule has 1 aromatic carbocycles. The van der Waals surface area contributed by atoms with E-state index in [0.717, 1.165) is 5.56 Å². The molecular weight excluding hydrogens is 464 g/mol. The third-order valence-corrected chi connectivity index (χ3v) is 5.91. The van der Waals surface area contributed by atoms with Crippen LogP contribution in [0.25, 0.3) is 0 Å². The molecule has 0 radical (unpaired) electrons. The first-order chi connectivity index (χ1) is 15.6. The number of amides is 3. The van der Waals surface area contributed by atoms with Gasteiger partial charge in [0.15, 0.2) is 0 Å². The molecule has 0 heterocycles. The second kappa shape index (κ2) is 14.8. The molecule has 1 aromatic rings. The van der Waals surface area contributed by atoms with Gasteiger partial charge in [-0.1, -0.05) is 30.3 Å². The second-order valence-electron chi connectivity index (χ2n) is 7.82. The van der Waals surface area contributed by atoms with E-state index in [2.05, 4.69) is 17.9 Å². The lowest BCUT2D eigenvalue weighted by atomic mass is 10.2. The van der Waals surface area contributed by atoms with Gasteiger partial charge in [0.2, 0.25) is 17.7 Å². The van der Waals surface area contributed by atoms with Crippen LogP contribution in [0, 0.1) is 0 Å². The Labute approximate surface area is 204 Å². The van der Waals surface area contributed by atoms with Crippen molar-refractivity contribution < 1.29 is 24.3 Å². The van der Waals surface area contributed by atoms with Crippen molar-refractivity contribution >= 4 is 48.1 Å². The number of rotatable bonds is 14. The zero-order chi connectivity index (χ0) is 25.0. The van der Waals surface area contributed by atoms with Crippen LogP contribution in [0.5, 0.6) is 0 Å². The van der Waals surface area contributed by atoms with Crippen LogP contribution in [0.4, 0.5) is 0 Å². The molecule has 0 saturated carbocycles. The summed E-state index contributed by atoms with van der Waals surface area (Å²) in [7, 11) is 0. The fourth-order valence-electron chi connectivity index (χ4n) is 2.99. The van der Waals surface area contributed by atoms with Gasteiger partial charge in [-0.25, -0.2) is 4.79 Å². The average Bonchev–Trinajstić information content (AvgIpc) is 2.78. The molecule has 0 unspecified atom stereocenters. The molecule has 0 aliphatic rings. The first-order valence-electron chi connectivity index (χ1n) is 10.6. The lowest BCUT2D eigenvalue weighted by Gasteiger charge is -2.31. The predicted octanol–water partition coefficient (Wildman–Crippen LogP) is 0.832. The van der Waals surface area contributed by atoms with Gasteiger partial charge in [-0.2, -0.15) is 24.4 Å². The van der Waals surface area contributed by atoms with Crippen LogP contribution in [0.3, 0.4) is 0 Å². The Bertz CT molecular complexity index is 794. The number of nitrogens with two attached hydrogens (primary N) is 1. The molecule has 9 nitrogen and oxygen atoms in total. The van der Waals surface area contributed by atoms with Gasteiger partial charge in [-0.05, 0) is 37.8 Å². The van der Waals surface area contributed by atoms with Crippen molar-refractivity contribution in [3.05, 3.63) is 35.9 Å². The summed E-state index contributed by atoms with van der Waals surface area (Å²) >= 11 is 5.54. The quantitative estimate of drug-likeness (QED) is 0.279. The van der Waals surface area contributed by atoms with Crippen molar-refractivity contribution in [3.63, 3.8) is 0 Å². The molecule has 33 heavy (non-hydrogen) atoms. The molecule has 0 fully saturated rings. The Kier molecular flexibility index (Phi) is 12.9. The highest BCUT2D eigenvalue weighted by atomic mass is 32.2. The summed E-state index contributed by atoms with van der Waals surface area (Å²) in [5.41, 5.74) is 6.62. The normalized spacial score (nSPS) is 12.7. The molecule has 11 heteroatoms. The van der Waals surface area contributed by atoms with E-state index in [9.17, 15) is 24.3 Å². The predicted molar refractivity (Wildman–Crippen MR) is 133 cm³/mol. The maximum absolute atomic E-state index is 13.2. The van der Waals surface area contributed by atoms with Crippen molar-refractivity contribution in [2.75, 3.05) is 30.9 Å². The van der Waals surface area contributed by atoms with E-state index >= 15 is 0 Å². The van der Waals surface area contributed by atoms with Crippen LogP contribution in [0.2, 0.25) is 0 Å². The number of thiol groups is 1. The Hall–Kier alpha value is -2.24. The number of carboxylic acids is 1. The smallest absolute Gasteiger partial charge is 0.326 e. The highest BCUT2D eigenvalue weighted by Crippen LogP contribution is 2.09. The number of carboxylic acid groups (broad SMARTS) is 1. The summed E-state index contributed by atoms with van der Waals surface area (Å²) in [5, 5.41) is 11.9. The molecule has 0 bridgehead atoms. The maximum atomic E-state index is 13.2. The highest BCUT2D eigenvalue weighted by molar-refractivity contribution is 7.98. The standard InChI is InChI=1S/C22H34N4O5S2/c1-15(2)26(21(29)17(23)14-32)13-20(28)25(11-16-7-5-4-6-8-16)12-19(27)24-18(22(30)31)9-10-33-3/h4-8,15,17-18,32H,9-14,23H2,1-3H3,(H,24,27)(H,30,31)/t17-,18-/m0/s1. The monoisotopic (exact) mass is 498 g/mol. The fourth-order valence-corrected chi connectivity index (χ4v) is 3.62. The third kappa shape index (κ3) is 10.1. The number of hydrogen-bond acceptors (Lipinski definition) is 7. The van der Waals surface area contributed by atoms with Crippen LogP contribution >= 0.6 is 24.4 Å². The minimum absolute atomic E-state index is 0.133. The van der Waals surface area contributed by atoms with Crippen LogP contribution in [-0.4, -0.2) is 87.6 Å². The van der Waals surface area contributed by atoms with Crippen molar-refractivity contribution in [1.82, 2.24) is 15.1 Å². The highest BCUT2D eigenvalue weighted by Gasteiger charge is 2.28. The van der Waals surface area contributed by atoms with Gasteiger partial charge in [0.1, 0.15) is 12.6 Å². The molecular formula is C22H34N4O5S2. The van der Waals surface area contributed by atoms with E-state index < -0.39 is 35.8 Å². The summed E-state index contributed by atoms with van der Waals surface area (Å²) < 4.78 is 0. The first-order valence-corrected chi connectivity index (χ1v) is 12.6. The van der Waals surface area contributed by atoms with Gasteiger partial charge >= 0.3 is 5.97 Å². The Morgan fingerprint density at radius 3 is 2.30 bits per heavy atom. The largest absolute Gasteiger partial charge is 0.480 e. The summed E-state index contributed by atoms with van der Waals surface area (Å²) in [4.78, 5) is 52.6. The van der Waals surface area contributed by atoms with Crippen molar-refractivity contribution in [3.8, 4) is 0 Å². The SMILES string of the molecule is CSCC[C@H](NC(=O)CN(Cc1ccccc1)C(=O)CN(C(=O)[C@@H](N)CS)C(C)C)C(=O)O. The molecule has 3 amide bonds. The van der Waals surface area contributed by atoms with E-state index in [0.29, 0.717) is 5.75 Å². The number of carbonyl (C=O) groups is 4. The Morgan fingerprint density at radius 2 is 1.79 bits per heavy atom. The molecule has 1 rings (SSSR count). The van der Waals surface area contributed by atoms with Crippen LogP contribution in [0.15, 0.2) is 30.3 Å². The third-order valence-electron chi connectivity index (χ3n) is 4.87. The summed E-state index contributed by atoms with van der Waals surface area (Å²) in [6.07, 6.45) is 2.12. The number of benzene rings is 1. The Balaban J connectivity index is 3.03. The van der Waals surface area contributed by atoms with Gasteiger partial charge in [-0.15, -0.1) is 0 Å². The number of nitrogens with one attached hydrogen (secondary N) is 1. The van der Waals surface area contributed by atoms with Crippen molar-refractivity contribution in [2.45, 2.75) is 44.9 Å². The molecule has 0 spiro atoms. The van der Waals surface area contributed by atoms with E-state index in [4.69, 9.17) is 5.73 Å². The lowest BCUT2D eigenvalue weighted by molar-refractivity contribution is -0.145. The van der Waals surface area contributed by atoms with Gasteiger partial charge in [0.25, 0.3) is 0 Å². The topological polar surface area (TPSA) is 133 Å². The number of hydrogen-bond donors (Lipinski definition) is 4. The molecule has 0 saturated heterocycles. The van der Waals surface area contributed by atoms with Gasteiger partial charge in [0, 0.05) is 18.3 Å². The average molecular weight is 499 g/mol. The summed E-state index contributed by atoms with van der Waals surface area (Å²) in [5.74, 6) is -1.85. The first kappa shape index (κ1) is 28.8. The van der Waals surface area contributed by atoms with E-state index in [1.165, 1.54) is 21.6 Å². The van der Waals surface area contributed by atoms with Gasteiger partial charge in [-0.3, -0.25) is 14.4 Å². The van der Waals surface area contributed by atoms with E-state index in [-0.39, 0.29) is 37.8 Å². The van der Waals surface area contributed by atoms with Crippen LogP contribution in [0.1, 0.15) is 25.8 Å². The molecule has 0 aromatic heterocycles. The van der Waals surface area contributed by atoms with Crippen molar-refractivity contribution in [1.29, 1.82) is 0 Å². The van der Waals surface area contributed by atoms with E-state index in [1.54, 1.807) is 13.8 Å². The second-order valence-corrected chi connectivity index (χ2v) is 9.17. The van der Waals surface area contributed by atoms with Gasteiger partial charge < -0.3 is 26.0 Å². The molecule has 2 atom stereocenters. The van der Waals surface area contributed by atoms with Crippen LogP contribution in [-0.2, 0) is 25.7 Å². The van der Waals surface area contributed by atoms with Crippen molar-refractivity contribution in [2.24, 2.45) is 5.73 Å². The van der Waals surface area contributed by atoms with Gasteiger partial charge in [0.05, 0.1) is 12.6 Å². The summed E-state index contributed by atoms with van der Waals surface area (Å²) in [6, 6.07) is 6.93. The molecule has 4 N–H and O–H groups in total. The Morgan fingerprint density at radius 1 is 1.15 bits per heavy atom. The lowest BCUT2D eigenvalue weighted by Crippen LogP contribution is -2.53. The molecule has 0 aliphatic carbocycles. The molecule has 0 aliphatic heterocycles. The number of aliphatic carboxylic acids is 1. The fraction of sp³-hybridized carbons (Fsp3) is 0.545. The molecule has 184 valence electrons. The number of carbonyl (C=O) groups excluding carboxylic acids is 3. The van der Waals surface area contributed by atoms with E-state index in [1.807, 2.05) is 36.6 Å².